The first-order chi connectivity index (χ1) is 21.8. The van der Waals surface area contributed by atoms with Gasteiger partial charge < -0.3 is 24.3 Å². The van der Waals surface area contributed by atoms with Crippen LogP contribution in [-0.4, -0.2) is 90.2 Å². The van der Waals surface area contributed by atoms with Crippen molar-refractivity contribution < 1.29 is 13.9 Å². The molecule has 12 heteroatoms. The summed E-state index contributed by atoms with van der Waals surface area (Å²) in [6.45, 7) is 14.4. The number of ether oxygens (including phenoxy) is 1. The Kier molecular flexibility index (Phi) is 9.07. The largest absolute Gasteiger partial charge is 0.462 e. The summed E-state index contributed by atoms with van der Waals surface area (Å²) in [5, 5.41) is 2.81. The zero-order chi connectivity index (χ0) is 31.3. The first-order valence-electron chi connectivity index (χ1n) is 15.7. The van der Waals surface area contributed by atoms with E-state index in [1.807, 2.05) is 12.1 Å². The molecule has 5 aliphatic rings. The van der Waals surface area contributed by atoms with Crippen molar-refractivity contribution in [2.24, 2.45) is 5.92 Å². The van der Waals surface area contributed by atoms with Crippen LogP contribution in [0.5, 0.6) is 6.01 Å². The lowest BCUT2D eigenvalue weighted by atomic mass is 9.49. The average molecular weight is 664 g/mol. The molecule has 2 bridgehead atoms. The molecule has 1 saturated heterocycles. The van der Waals surface area contributed by atoms with Crippen LogP contribution in [0.3, 0.4) is 0 Å². The van der Waals surface area contributed by atoms with Crippen LogP contribution in [0.25, 0.3) is 15.6 Å². The van der Waals surface area contributed by atoms with Crippen LogP contribution in [0.4, 0.5) is 15.9 Å². The monoisotopic (exact) mass is 663 g/mol. The normalized spacial score (nSPS) is 23.2. The molecule has 0 spiro atoms. The van der Waals surface area contributed by atoms with Gasteiger partial charge in [-0.1, -0.05) is 42.4 Å². The lowest BCUT2D eigenvalue weighted by molar-refractivity contribution is -0.135. The Morgan fingerprint density at radius 2 is 1.93 bits per heavy atom. The SMILES string of the molecule is S.[C-]#[N+]C[C@H]1CN(c2nc(OCCN(C)C34CC(C3)C4)nc3c2CCN(c2cccc4cccc(Cl)c24)C3)CCN1C(=O)C(=C)F. The molecule has 1 aromatic heterocycles. The molecule has 1 atom stereocenters. The Bertz CT molecular complexity index is 1690. The van der Waals surface area contributed by atoms with Crippen molar-refractivity contribution >= 4 is 53.3 Å². The van der Waals surface area contributed by atoms with Gasteiger partial charge in [0.15, 0.2) is 5.83 Å². The molecular formula is C34H39ClFN7O2S. The predicted molar refractivity (Wildman–Crippen MR) is 184 cm³/mol. The number of fused-ring (bicyclic) bond motifs is 2. The minimum atomic E-state index is -1.01. The van der Waals surface area contributed by atoms with E-state index in [-0.39, 0.29) is 26.6 Å². The van der Waals surface area contributed by atoms with Gasteiger partial charge in [0.05, 0.1) is 17.3 Å². The van der Waals surface area contributed by atoms with Gasteiger partial charge in [-0.25, -0.2) is 11.0 Å². The number of carbonyl (C=O) groups is 1. The molecular weight excluding hydrogens is 625 g/mol. The molecule has 3 saturated carbocycles. The quantitative estimate of drug-likeness (QED) is 0.229. The molecule has 3 aliphatic carbocycles. The molecule has 242 valence electrons. The van der Waals surface area contributed by atoms with Crippen LogP contribution < -0.4 is 14.5 Å². The Labute approximate surface area is 281 Å². The van der Waals surface area contributed by atoms with E-state index in [4.69, 9.17) is 32.9 Å². The maximum atomic E-state index is 13.8. The van der Waals surface area contributed by atoms with Crippen LogP contribution in [0.2, 0.25) is 5.02 Å². The van der Waals surface area contributed by atoms with E-state index in [0.29, 0.717) is 49.2 Å². The van der Waals surface area contributed by atoms with Gasteiger partial charge in [-0.3, -0.25) is 9.69 Å². The number of hydrogen-bond donors (Lipinski definition) is 0. The molecule has 2 aliphatic heterocycles. The molecule has 9 nitrogen and oxygen atoms in total. The van der Waals surface area contributed by atoms with Crippen molar-refractivity contribution in [3.05, 3.63) is 76.5 Å². The van der Waals surface area contributed by atoms with Gasteiger partial charge >= 0.3 is 6.01 Å². The fourth-order valence-corrected chi connectivity index (χ4v) is 7.88. The lowest BCUT2D eigenvalue weighted by Crippen LogP contribution is -2.67. The highest BCUT2D eigenvalue weighted by Crippen LogP contribution is 2.60. The van der Waals surface area contributed by atoms with Gasteiger partial charge in [0, 0.05) is 54.9 Å². The number of benzene rings is 2. The minimum absolute atomic E-state index is 0. The second-order valence-corrected chi connectivity index (χ2v) is 13.3. The molecule has 8 rings (SSSR count). The van der Waals surface area contributed by atoms with Gasteiger partial charge in [-0.15, -0.1) is 0 Å². The number of amides is 1. The van der Waals surface area contributed by atoms with Gasteiger partial charge in [0.2, 0.25) is 6.54 Å². The summed E-state index contributed by atoms with van der Waals surface area (Å²) in [7, 11) is 2.18. The number of aromatic nitrogens is 2. The van der Waals surface area contributed by atoms with Crippen molar-refractivity contribution in [3.8, 4) is 6.01 Å². The molecule has 3 heterocycles. The molecule has 0 radical (unpaired) electrons. The van der Waals surface area contributed by atoms with Crippen LogP contribution >= 0.6 is 25.1 Å². The highest BCUT2D eigenvalue weighted by molar-refractivity contribution is 7.59. The third kappa shape index (κ3) is 5.76. The Morgan fingerprint density at radius 1 is 1.17 bits per heavy atom. The third-order valence-electron chi connectivity index (χ3n) is 10.2. The van der Waals surface area contributed by atoms with Crippen molar-refractivity contribution in [2.45, 2.75) is 43.8 Å². The van der Waals surface area contributed by atoms with Crippen LogP contribution in [0.15, 0.2) is 48.8 Å². The fraction of sp³-hybridized carbons (Fsp3) is 0.471. The number of piperazine rings is 1. The first-order valence-corrected chi connectivity index (χ1v) is 16.0. The molecule has 2 aromatic carbocycles. The Hall–Kier alpha value is -3.59. The highest BCUT2D eigenvalue weighted by Gasteiger charge is 2.58. The summed E-state index contributed by atoms with van der Waals surface area (Å²) in [5.41, 5.74) is 3.33. The van der Waals surface area contributed by atoms with E-state index in [9.17, 15) is 9.18 Å². The fourth-order valence-electron chi connectivity index (χ4n) is 7.60. The van der Waals surface area contributed by atoms with Crippen LogP contribution in [-0.2, 0) is 17.8 Å². The number of hydrogen-bond acceptors (Lipinski definition) is 7. The molecule has 0 N–H and O–H groups in total. The average Bonchev–Trinajstić information content (AvgIpc) is 2.98. The van der Waals surface area contributed by atoms with E-state index >= 15 is 0 Å². The van der Waals surface area contributed by atoms with E-state index < -0.39 is 17.8 Å². The number of anilines is 2. The summed E-state index contributed by atoms with van der Waals surface area (Å²) in [5.74, 6) is -0.0929. The third-order valence-corrected chi connectivity index (χ3v) is 10.6. The Balaban J connectivity index is 0.00000372. The number of carbonyl (C=O) groups excluding carboxylic acids is 1. The summed E-state index contributed by atoms with van der Waals surface area (Å²) in [6, 6.07) is 12.0. The van der Waals surface area contributed by atoms with E-state index in [1.165, 1.54) is 24.2 Å². The summed E-state index contributed by atoms with van der Waals surface area (Å²) >= 11 is 6.70. The Morgan fingerprint density at radius 3 is 2.63 bits per heavy atom. The lowest BCUT2D eigenvalue weighted by Gasteiger charge is -2.66. The number of nitrogens with zero attached hydrogens (tertiary/aromatic N) is 7. The van der Waals surface area contributed by atoms with Gasteiger partial charge in [0.25, 0.3) is 5.91 Å². The molecule has 4 fully saturated rings. The van der Waals surface area contributed by atoms with Crippen molar-refractivity contribution in [3.63, 3.8) is 0 Å². The number of halogens is 2. The molecule has 1 amide bonds. The predicted octanol–water partition coefficient (Wildman–Crippen LogP) is 5.24. The second-order valence-electron chi connectivity index (χ2n) is 12.9. The van der Waals surface area contributed by atoms with Crippen molar-refractivity contribution in [2.75, 3.05) is 62.7 Å². The van der Waals surface area contributed by atoms with E-state index in [0.717, 1.165) is 52.5 Å². The minimum Gasteiger partial charge on any atom is -0.462 e. The topological polar surface area (TPSA) is 69.4 Å². The van der Waals surface area contributed by atoms with E-state index in [1.54, 1.807) is 0 Å². The van der Waals surface area contributed by atoms with E-state index in [2.05, 4.69) is 57.4 Å². The second kappa shape index (κ2) is 12.9. The molecule has 46 heavy (non-hydrogen) atoms. The standard InChI is InChI=1S/C34H37ClFN7O2.H2S/c1-22(36)32(44)43-13-12-42(20-25(43)19-37-2)31-26-10-11-41(29-9-5-7-24-6-4-8-27(35)30(24)29)21-28(26)38-33(39-31)45-15-14-40(3)34-16-23(17-34)18-34;/h4-9,23,25H,1,10-21H2,3H3;1H2/t23?,25-,34?;/m0./s1. The molecule has 0 unspecified atom stereocenters. The van der Waals surface area contributed by atoms with Gasteiger partial charge in [0.1, 0.15) is 18.5 Å². The highest BCUT2D eigenvalue weighted by atomic mass is 35.5. The van der Waals surface area contributed by atoms with Gasteiger partial charge in [-0.2, -0.15) is 23.5 Å². The summed E-state index contributed by atoms with van der Waals surface area (Å²) in [4.78, 5) is 34.2. The molecule has 3 aromatic rings. The van der Waals surface area contributed by atoms with Crippen molar-refractivity contribution in [1.82, 2.24) is 19.8 Å². The van der Waals surface area contributed by atoms with Crippen LogP contribution in [0.1, 0.15) is 30.5 Å². The van der Waals surface area contributed by atoms with Crippen LogP contribution in [0, 0.1) is 12.5 Å². The zero-order valence-corrected chi connectivity index (χ0v) is 27.8. The van der Waals surface area contributed by atoms with Gasteiger partial charge in [-0.05, 0) is 56.2 Å². The first kappa shape index (κ1) is 32.4. The van der Waals surface area contributed by atoms with Crippen molar-refractivity contribution in [1.29, 1.82) is 0 Å². The summed E-state index contributed by atoms with van der Waals surface area (Å²) < 4.78 is 20.1. The smallest absolute Gasteiger partial charge is 0.318 e. The number of likely N-dealkylation sites (N-methyl/N-ethyl adjacent to an activating group) is 1. The summed E-state index contributed by atoms with van der Waals surface area (Å²) in [6.07, 6.45) is 4.55. The number of rotatable bonds is 9. The maximum Gasteiger partial charge on any atom is 0.318 e. The maximum absolute atomic E-state index is 13.8. The zero-order valence-electron chi connectivity index (χ0n) is 26.0.